The van der Waals surface area contributed by atoms with Crippen LogP contribution in [0.3, 0.4) is 0 Å². The largest absolute Gasteiger partial charge is 0.292 e. The van der Waals surface area contributed by atoms with Crippen molar-refractivity contribution >= 4 is 40.0 Å². The number of nitro groups is 1. The van der Waals surface area contributed by atoms with E-state index in [-0.39, 0.29) is 15.9 Å². The SMILES string of the molecule is CC(CCCl)Sc1ccc2ncccc2c1[N+](=O)[O-]. The molecule has 1 aromatic carbocycles. The molecule has 0 bridgehead atoms. The van der Waals surface area contributed by atoms with Crippen molar-refractivity contribution in [3.8, 4) is 0 Å². The fourth-order valence-corrected chi connectivity index (χ4v) is 3.40. The maximum absolute atomic E-state index is 11.3. The van der Waals surface area contributed by atoms with Gasteiger partial charge in [0.05, 0.1) is 20.7 Å². The Morgan fingerprint density at radius 3 is 2.95 bits per heavy atom. The molecule has 0 aliphatic rings. The Kier molecular flexibility index (Phi) is 4.61. The van der Waals surface area contributed by atoms with E-state index in [0.29, 0.717) is 21.7 Å². The number of nitro benzene ring substituents is 1. The number of halogens is 1. The van der Waals surface area contributed by atoms with Crippen molar-refractivity contribution in [1.82, 2.24) is 4.98 Å². The van der Waals surface area contributed by atoms with E-state index in [9.17, 15) is 10.1 Å². The monoisotopic (exact) mass is 296 g/mol. The van der Waals surface area contributed by atoms with Gasteiger partial charge in [0, 0.05) is 17.3 Å². The van der Waals surface area contributed by atoms with E-state index in [0.717, 1.165) is 6.42 Å². The number of aromatic nitrogens is 1. The van der Waals surface area contributed by atoms with E-state index in [4.69, 9.17) is 11.6 Å². The number of pyridine rings is 1. The van der Waals surface area contributed by atoms with Crippen LogP contribution in [-0.2, 0) is 0 Å². The maximum atomic E-state index is 11.3. The van der Waals surface area contributed by atoms with Gasteiger partial charge in [-0.1, -0.05) is 6.92 Å². The first-order valence-electron chi connectivity index (χ1n) is 5.88. The molecule has 1 heterocycles. The van der Waals surface area contributed by atoms with Crippen LogP contribution < -0.4 is 0 Å². The molecule has 0 saturated carbocycles. The van der Waals surface area contributed by atoms with Crippen molar-refractivity contribution in [2.24, 2.45) is 0 Å². The van der Waals surface area contributed by atoms with Crippen LogP contribution in [0.4, 0.5) is 5.69 Å². The Labute approximate surface area is 120 Å². The summed E-state index contributed by atoms with van der Waals surface area (Å²) < 4.78 is 0. The quantitative estimate of drug-likeness (QED) is 0.358. The number of fused-ring (bicyclic) bond motifs is 1. The fourth-order valence-electron chi connectivity index (χ4n) is 1.83. The first-order chi connectivity index (χ1) is 9.13. The number of alkyl halides is 1. The van der Waals surface area contributed by atoms with E-state index in [1.165, 1.54) is 11.8 Å². The van der Waals surface area contributed by atoms with Gasteiger partial charge < -0.3 is 0 Å². The zero-order chi connectivity index (χ0) is 13.8. The summed E-state index contributed by atoms with van der Waals surface area (Å²) in [5.74, 6) is 0.553. The zero-order valence-electron chi connectivity index (χ0n) is 10.4. The normalized spacial score (nSPS) is 12.5. The predicted molar refractivity (Wildman–Crippen MR) is 79.1 cm³/mol. The van der Waals surface area contributed by atoms with Crippen LogP contribution in [0, 0.1) is 10.1 Å². The number of hydrogen-bond donors (Lipinski definition) is 0. The van der Waals surface area contributed by atoms with Gasteiger partial charge in [0.2, 0.25) is 0 Å². The topological polar surface area (TPSA) is 56.0 Å². The molecule has 0 amide bonds. The summed E-state index contributed by atoms with van der Waals surface area (Å²) in [7, 11) is 0. The Morgan fingerprint density at radius 2 is 2.26 bits per heavy atom. The first kappa shape index (κ1) is 14.1. The third-order valence-electron chi connectivity index (χ3n) is 2.75. The highest BCUT2D eigenvalue weighted by atomic mass is 35.5. The van der Waals surface area contributed by atoms with Gasteiger partial charge in [0.15, 0.2) is 0 Å². The van der Waals surface area contributed by atoms with E-state index < -0.39 is 0 Å². The summed E-state index contributed by atoms with van der Waals surface area (Å²) in [6.45, 7) is 2.02. The molecule has 1 atom stereocenters. The van der Waals surface area contributed by atoms with Crippen LogP contribution in [0.25, 0.3) is 10.9 Å². The first-order valence-corrected chi connectivity index (χ1v) is 7.29. The van der Waals surface area contributed by atoms with Crippen LogP contribution in [0.5, 0.6) is 0 Å². The number of nitrogens with zero attached hydrogens (tertiary/aromatic N) is 2. The van der Waals surface area contributed by atoms with Crippen LogP contribution in [0.2, 0.25) is 0 Å². The lowest BCUT2D eigenvalue weighted by Crippen LogP contribution is -1.99. The zero-order valence-corrected chi connectivity index (χ0v) is 11.9. The molecule has 0 spiro atoms. The molecule has 0 aliphatic heterocycles. The van der Waals surface area contributed by atoms with Crippen LogP contribution in [0.15, 0.2) is 35.4 Å². The van der Waals surface area contributed by atoms with E-state index in [1.54, 1.807) is 24.4 Å². The lowest BCUT2D eigenvalue weighted by molar-refractivity contribution is -0.385. The summed E-state index contributed by atoms with van der Waals surface area (Å²) in [6, 6.07) is 7.03. The second kappa shape index (κ2) is 6.21. The number of hydrogen-bond acceptors (Lipinski definition) is 4. The molecule has 0 N–H and O–H groups in total. The molecule has 0 saturated heterocycles. The fraction of sp³-hybridized carbons (Fsp3) is 0.308. The maximum Gasteiger partial charge on any atom is 0.292 e. The van der Waals surface area contributed by atoms with Gasteiger partial charge in [-0.05, 0) is 30.7 Å². The molecule has 1 aromatic heterocycles. The van der Waals surface area contributed by atoms with Crippen molar-refractivity contribution in [2.45, 2.75) is 23.5 Å². The minimum absolute atomic E-state index is 0.136. The van der Waals surface area contributed by atoms with Crippen molar-refractivity contribution in [2.75, 3.05) is 5.88 Å². The molecule has 0 fully saturated rings. The molecule has 0 aliphatic carbocycles. The molecule has 1 unspecified atom stereocenters. The molecule has 6 heteroatoms. The third-order valence-corrected chi connectivity index (χ3v) is 4.19. The van der Waals surface area contributed by atoms with E-state index >= 15 is 0 Å². The Morgan fingerprint density at radius 1 is 1.47 bits per heavy atom. The minimum atomic E-state index is -0.334. The number of thioether (sulfide) groups is 1. The number of rotatable bonds is 5. The van der Waals surface area contributed by atoms with Crippen molar-refractivity contribution in [1.29, 1.82) is 0 Å². The van der Waals surface area contributed by atoms with E-state index in [1.807, 2.05) is 13.0 Å². The molecule has 100 valence electrons. The smallest absolute Gasteiger partial charge is 0.258 e. The summed E-state index contributed by atoms with van der Waals surface area (Å²) in [5, 5.41) is 12.1. The Bertz CT molecular complexity index is 606. The van der Waals surface area contributed by atoms with Crippen LogP contribution in [0.1, 0.15) is 13.3 Å². The lowest BCUT2D eigenvalue weighted by Gasteiger charge is -2.10. The summed E-state index contributed by atoms with van der Waals surface area (Å²) in [4.78, 5) is 15.8. The molecule has 19 heavy (non-hydrogen) atoms. The van der Waals surface area contributed by atoms with Gasteiger partial charge in [0.1, 0.15) is 0 Å². The molecular weight excluding hydrogens is 284 g/mol. The van der Waals surface area contributed by atoms with Crippen LogP contribution in [-0.4, -0.2) is 21.0 Å². The van der Waals surface area contributed by atoms with Crippen molar-refractivity contribution in [3.63, 3.8) is 0 Å². The summed E-state index contributed by atoms with van der Waals surface area (Å²) >= 11 is 7.19. The molecule has 2 aromatic rings. The van der Waals surface area contributed by atoms with Gasteiger partial charge >= 0.3 is 0 Å². The second-order valence-electron chi connectivity index (χ2n) is 4.15. The third kappa shape index (κ3) is 3.16. The average Bonchev–Trinajstić information content (AvgIpc) is 2.38. The van der Waals surface area contributed by atoms with Gasteiger partial charge in [-0.15, -0.1) is 23.4 Å². The van der Waals surface area contributed by atoms with Gasteiger partial charge in [0.25, 0.3) is 5.69 Å². The van der Waals surface area contributed by atoms with Gasteiger partial charge in [-0.25, -0.2) is 0 Å². The lowest BCUT2D eigenvalue weighted by atomic mass is 10.2. The van der Waals surface area contributed by atoms with Crippen molar-refractivity contribution in [3.05, 3.63) is 40.6 Å². The Hall–Kier alpha value is -1.33. The Balaban J connectivity index is 2.49. The average molecular weight is 297 g/mol. The highest BCUT2D eigenvalue weighted by Gasteiger charge is 2.20. The second-order valence-corrected chi connectivity index (χ2v) is 6.00. The highest BCUT2D eigenvalue weighted by molar-refractivity contribution is 8.00. The van der Waals surface area contributed by atoms with Crippen molar-refractivity contribution < 1.29 is 4.92 Å². The predicted octanol–water partition coefficient (Wildman–Crippen LogP) is 4.25. The standard InChI is InChI=1S/C13H13ClN2O2S/c1-9(6-7-14)19-12-5-4-11-10(3-2-8-15-11)13(12)16(17)18/h2-5,8-9H,6-7H2,1H3. The summed E-state index contributed by atoms with van der Waals surface area (Å²) in [6.07, 6.45) is 2.45. The molecular formula is C13H13ClN2O2S. The highest BCUT2D eigenvalue weighted by Crippen LogP contribution is 2.37. The van der Waals surface area contributed by atoms with Gasteiger partial charge in [-0.2, -0.15) is 0 Å². The summed E-state index contributed by atoms with van der Waals surface area (Å²) in [5.41, 5.74) is 0.778. The number of benzene rings is 1. The molecule has 0 radical (unpaired) electrons. The minimum Gasteiger partial charge on any atom is -0.258 e. The van der Waals surface area contributed by atoms with E-state index in [2.05, 4.69) is 4.98 Å². The van der Waals surface area contributed by atoms with Crippen LogP contribution >= 0.6 is 23.4 Å². The van der Waals surface area contributed by atoms with Gasteiger partial charge in [-0.3, -0.25) is 15.1 Å². The molecule has 2 rings (SSSR count). The molecule has 4 nitrogen and oxygen atoms in total.